The highest BCUT2D eigenvalue weighted by molar-refractivity contribution is 5.95. The molecule has 0 aliphatic heterocycles. The van der Waals surface area contributed by atoms with Gasteiger partial charge in [-0.3, -0.25) is 9.59 Å². The van der Waals surface area contributed by atoms with Gasteiger partial charge in [0.2, 0.25) is 0 Å². The summed E-state index contributed by atoms with van der Waals surface area (Å²) in [6, 6.07) is 16.3. The van der Waals surface area contributed by atoms with Crippen molar-refractivity contribution in [3.63, 3.8) is 0 Å². The normalized spacial score (nSPS) is 21.4. The number of rotatable bonds is 6. The first-order valence-electron chi connectivity index (χ1n) is 9.72. The molecule has 2 aromatic carbocycles. The molecule has 1 N–H and O–H groups in total. The lowest BCUT2D eigenvalue weighted by molar-refractivity contribution is -0.136. The fraction of sp³-hybridized carbons (Fsp3) is 0.391. The molecule has 4 heteroatoms. The summed E-state index contributed by atoms with van der Waals surface area (Å²) in [5.74, 6) is -0.221. The Morgan fingerprint density at radius 3 is 2.26 bits per heavy atom. The van der Waals surface area contributed by atoms with Crippen LogP contribution >= 0.6 is 0 Å². The molecule has 1 amide bonds. The maximum Gasteiger partial charge on any atom is 0.307 e. The van der Waals surface area contributed by atoms with Gasteiger partial charge in [0.25, 0.3) is 5.91 Å². The van der Waals surface area contributed by atoms with E-state index >= 15 is 0 Å². The molecular weight excluding hydrogens is 338 g/mol. The molecule has 0 unspecified atom stereocenters. The van der Waals surface area contributed by atoms with E-state index in [0.29, 0.717) is 23.6 Å². The van der Waals surface area contributed by atoms with Crippen molar-refractivity contribution in [3.05, 3.63) is 70.8 Å². The van der Waals surface area contributed by atoms with Crippen molar-refractivity contribution in [2.45, 2.75) is 57.0 Å². The Morgan fingerprint density at radius 1 is 1.00 bits per heavy atom. The second kappa shape index (κ2) is 7.18. The van der Waals surface area contributed by atoms with Crippen LogP contribution in [0.5, 0.6) is 0 Å². The predicted molar refractivity (Wildman–Crippen MR) is 104 cm³/mol. The molecule has 2 fully saturated rings. The van der Waals surface area contributed by atoms with Gasteiger partial charge in [-0.1, -0.05) is 36.4 Å². The predicted octanol–water partition coefficient (Wildman–Crippen LogP) is 4.17. The van der Waals surface area contributed by atoms with Gasteiger partial charge in [-0.25, -0.2) is 0 Å². The molecule has 4 nitrogen and oxygen atoms in total. The maximum atomic E-state index is 13.1. The van der Waals surface area contributed by atoms with E-state index < -0.39 is 5.97 Å². The lowest BCUT2D eigenvalue weighted by atomic mass is 9.73. The molecule has 0 heterocycles. The van der Waals surface area contributed by atoms with E-state index in [2.05, 4.69) is 36.1 Å². The molecule has 2 aliphatic carbocycles. The summed E-state index contributed by atoms with van der Waals surface area (Å²) >= 11 is 0. The summed E-state index contributed by atoms with van der Waals surface area (Å²) in [4.78, 5) is 26.0. The first-order valence-corrected chi connectivity index (χ1v) is 9.72. The smallest absolute Gasteiger partial charge is 0.307 e. The van der Waals surface area contributed by atoms with Crippen LogP contribution in [0.3, 0.4) is 0 Å². The Bertz CT molecular complexity index is 848. The summed E-state index contributed by atoms with van der Waals surface area (Å²) in [5.41, 5.74) is 4.13. The lowest BCUT2D eigenvalue weighted by Gasteiger charge is -2.44. The third kappa shape index (κ3) is 3.75. The van der Waals surface area contributed by atoms with Crippen molar-refractivity contribution in [1.29, 1.82) is 0 Å². The van der Waals surface area contributed by atoms with Crippen LogP contribution in [0.1, 0.15) is 58.6 Å². The molecule has 0 aromatic heterocycles. The zero-order chi connectivity index (χ0) is 19.0. The second-order valence-electron chi connectivity index (χ2n) is 7.89. The SMILES string of the molecule is Cc1ccccc1C1CC(N(C(=O)c2ccc(CC(=O)O)cc2)C2CC2)C1. The zero-order valence-electron chi connectivity index (χ0n) is 15.6. The Balaban J connectivity index is 1.45. The van der Waals surface area contributed by atoms with E-state index in [-0.39, 0.29) is 12.3 Å². The van der Waals surface area contributed by atoms with Gasteiger partial charge in [-0.2, -0.15) is 0 Å². The van der Waals surface area contributed by atoms with Crippen molar-refractivity contribution in [2.24, 2.45) is 0 Å². The van der Waals surface area contributed by atoms with Crippen molar-refractivity contribution in [3.8, 4) is 0 Å². The van der Waals surface area contributed by atoms with Gasteiger partial charge in [-0.15, -0.1) is 0 Å². The first-order chi connectivity index (χ1) is 13.0. The lowest BCUT2D eigenvalue weighted by Crippen LogP contribution is -2.48. The van der Waals surface area contributed by atoms with Gasteiger partial charge in [0, 0.05) is 17.6 Å². The highest BCUT2D eigenvalue weighted by Gasteiger charge is 2.43. The van der Waals surface area contributed by atoms with Crippen LogP contribution in [0.15, 0.2) is 48.5 Å². The van der Waals surface area contributed by atoms with Crippen LogP contribution in [-0.2, 0) is 11.2 Å². The third-order valence-corrected chi connectivity index (χ3v) is 5.87. The van der Waals surface area contributed by atoms with Crippen LogP contribution in [0, 0.1) is 6.92 Å². The number of amides is 1. The number of carboxylic acids is 1. The minimum absolute atomic E-state index is 0.0124. The Hall–Kier alpha value is -2.62. The number of benzene rings is 2. The first kappa shape index (κ1) is 17.8. The summed E-state index contributed by atoms with van der Waals surface area (Å²) in [5, 5.41) is 8.89. The third-order valence-electron chi connectivity index (χ3n) is 5.87. The Kier molecular flexibility index (Phi) is 4.73. The summed E-state index contributed by atoms with van der Waals surface area (Å²) in [7, 11) is 0. The van der Waals surface area contributed by atoms with Crippen molar-refractivity contribution in [1.82, 2.24) is 4.90 Å². The van der Waals surface area contributed by atoms with Crippen LogP contribution in [0.4, 0.5) is 0 Å². The minimum atomic E-state index is -0.856. The molecule has 27 heavy (non-hydrogen) atoms. The monoisotopic (exact) mass is 363 g/mol. The summed E-state index contributed by atoms with van der Waals surface area (Å²) in [6.45, 7) is 2.16. The van der Waals surface area contributed by atoms with E-state index in [1.165, 1.54) is 11.1 Å². The number of carbonyl (C=O) groups excluding carboxylic acids is 1. The number of aliphatic carboxylic acids is 1. The van der Waals surface area contributed by atoms with Gasteiger partial charge < -0.3 is 10.0 Å². The number of aryl methyl sites for hydroxylation is 1. The molecule has 4 rings (SSSR count). The van der Waals surface area contributed by atoms with Gasteiger partial charge in [0.1, 0.15) is 0 Å². The van der Waals surface area contributed by atoms with E-state index in [4.69, 9.17) is 5.11 Å². The average molecular weight is 363 g/mol. The molecule has 0 atom stereocenters. The number of carboxylic acid groups (broad SMARTS) is 1. The fourth-order valence-corrected chi connectivity index (χ4v) is 4.19. The number of nitrogens with zero attached hydrogens (tertiary/aromatic N) is 1. The molecule has 140 valence electrons. The standard InChI is InChI=1S/C23H25NO3/c1-15-4-2-3-5-21(15)18-13-20(14-18)24(19-10-11-19)23(27)17-8-6-16(7-9-17)12-22(25)26/h2-9,18-20H,10-14H2,1H3,(H,25,26). The van der Waals surface area contributed by atoms with E-state index in [1.54, 1.807) is 24.3 Å². The van der Waals surface area contributed by atoms with Gasteiger partial charge >= 0.3 is 5.97 Å². The summed E-state index contributed by atoms with van der Waals surface area (Å²) in [6.07, 6.45) is 4.23. The maximum absolute atomic E-state index is 13.1. The number of carbonyl (C=O) groups is 2. The zero-order valence-corrected chi connectivity index (χ0v) is 15.6. The van der Waals surface area contributed by atoms with Crippen LogP contribution in [0.25, 0.3) is 0 Å². The van der Waals surface area contributed by atoms with Gasteiger partial charge in [-0.05, 0) is 67.3 Å². The number of hydrogen-bond acceptors (Lipinski definition) is 2. The van der Waals surface area contributed by atoms with Crippen LogP contribution < -0.4 is 0 Å². The fourth-order valence-electron chi connectivity index (χ4n) is 4.19. The highest BCUT2D eigenvalue weighted by Crippen LogP contribution is 2.44. The molecule has 0 bridgehead atoms. The van der Waals surface area contributed by atoms with E-state index in [0.717, 1.165) is 31.2 Å². The summed E-state index contributed by atoms with van der Waals surface area (Å²) < 4.78 is 0. The molecule has 0 radical (unpaired) electrons. The van der Waals surface area contributed by atoms with Crippen molar-refractivity contribution in [2.75, 3.05) is 0 Å². The van der Waals surface area contributed by atoms with E-state index in [1.807, 2.05) is 0 Å². The molecular formula is C23H25NO3. The molecule has 0 spiro atoms. The average Bonchev–Trinajstić information content (AvgIpc) is 3.43. The highest BCUT2D eigenvalue weighted by atomic mass is 16.4. The largest absolute Gasteiger partial charge is 0.481 e. The Labute approximate surface area is 159 Å². The van der Waals surface area contributed by atoms with Crippen molar-refractivity contribution < 1.29 is 14.7 Å². The molecule has 2 saturated carbocycles. The quantitative estimate of drug-likeness (QED) is 0.838. The van der Waals surface area contributed by atoms with Crippen LogP contribution in [-0.4, -0.2) is 34.0 Å². The number of hydrogen-bond donors (Lipinski definition) is 1. The van der Waals surface area contributed by atoms with E-state index in [9.17, 15) is 9.59 Å². The molecule has 0 saturated heterocycles. The topological polar surface area (TPSA) is 57.6 Å². The van der Waals surface area contributed by atoms with Crippen molar-refractivity contribution >= 4 is 11.9 Å². The van der Waals surface area contributed by atoms with Gasteiger partial charge in [0.05, 0.1) is 6.42 Å². The molecule has 2 aromatic rings. The Morgan fingerprint density at radius 2 is 1.67 bits per heavy atom. The minimum Gasteiger partial charge on any atom is -0.481 e. The molecule has 2 aliphatic rings. The van der Waals surface area contributed by atoms with Crippen LogP contribution in [0.2, 0.25) is 0 Å². The van der Waals surface area contributed by atoms with Gasteiger partial charge in [0.15, 0.2) is 0 Å². The second-order valence-corrected chi connectivity index (χ2v) is 7.89.